The van der Waals surface area contributed by atoms with Crippen molar-refractivity contribution in [2.75, 3.05) is 13.1 Å². The Bertz CT molecular complexity index is 193. The molecule has 1 saturated heterocycles. The Morgan fingerprint density at radius 3 is 2.92 bits per heavy atom. The predicted molar refractivity (Wildman–Crippen MR) is 44.8 cm³/mol. The van der Waals surface area contributed by atoms with Crippen molar-refractivity contribution in [2.24, 2.45) is 17.8 Å². The number of carboxylic acid groups (broad SMARTS) is 1. The molecule has 1 saturated carbocycles. The summed E-state index contributed by atoms with van der Waals surface area (Å²) in [7, 11) is 0. The molecular weight excluding hydrogens is 154 g/mol. The highest BCUT2D eigenvalue weighted by atomic mass is 16.4. The van der Waals surface area contributed by atoms with Gasteiger partial charge in [0.15, 0.2) is 0 Å². The molecule has 3 heteroatoms. The number of rotatable bonds is 1. The van der Waals surface area contributed by atoms with E-state index in [1.165, 1.54) is 12.8 Å². The molecule has 1 heterocycles. The van der Waals surface area contributed by atoms with Crippen molar-refractivity contribution in [3.63, 3.8) is 0 Å². The maximum atomic E-state index is 10.9. The summed E-state index contributed by atoms with van der Waals surface area (Å²) >= 11 is 0. The van der Waals surface area contributed by atoms with Crippen molar-refractivity contribution >= 4 is 5.97 Å². The first kappa shape index (κ1) is 8.05. The molecule has 1 aliphatic heterocycles. The molecular formula is C9H15NO2. The van der Waals surface area contributed by atoms with E-state index in [1.54, 1.807) is 0 Å². The number of hydrogen-bond donors (Lipinski definition) is 2. The van der Waals surface area contributed by atoms with Gasteiger partial charge in [0, 0.05) is 6.54 Å². The summed E-state index contributed by atoms with van der Waals surface area (Å²) in [5.41, 5.74) is 0. The maximum Gasteiger partial charge on any atom is 0.308 e. The van der Waals surface area contributed by atoms with Gasteiger partial charge in [0.2, 0.25) is 0 Å². The molecule has 0 radical (unpaired) electrons. The zero-order valence-corrected chi connectivity index (χ0v) is 7.12. The zero-order chi connectivity index (χ0) is 8.55. The second kappa shape index (κ2) is 3.05. The van der Waals surface area contributed by atoms with E-state index in [2.05, 4.69) is 5.32 Å². The van der Waals surface area contributed by atoms with E-state index in [-0.39, 0.29) is 5.92 Å². The zero-order valence-electron chi connectivity index (χ0n) is 7.12. The SMILES string of the molecule is O=C(O)[C@H]1CNC[C@H]2CCC[C@H]21. The van der Waals surface area contributed by atoms with Crippen LogP contribution in [-0.4, -0.2) is 24.2 Å². The predicted octanol–water partition coefficient (Wildman–Crippen LogP) is 0.707. The van der Waals surface area contributed by atoms with Crippen molar-refractivity contribution in [1.29, 1.82) is 0 Å². The monoisotopic (exact) mass is 169 g/mol. The second-order valence-corrected chi connectivity index (χ2v) is 3.96. The number of hydrogen-bond acceptors (Lipinski definition) is 2. The normalized spacial score (nSPS) is 40.8. The van der Waals surface area contributed by atoms with E-state index in [0.717, 1.165) is 13.0 Å². The van der Waals surface area contributed by atoms with Crippen LogP contribution in [0, 0.1) is 17.8 Å². The highest BCUT2D eigenvalue weighted by molar-refractivity contribution is 5.71. The number of aliphatic carboxylic acids is 1. The third-order valence-electron chi connectivity index (χ3n) is 3.32. The quantitative estimate of drug-likeness (QED) is 0.607. The van der Waals surface area contributed by atoms with E-state index in [4.69, 9.17) is 5.11 Å². The molecule has 1 aliphatic carbocycles. The van der Waals surface area contributed by atoms with E-state index in [9.17, 15) is 4.79 Å². The summed E-state index contributed by atoms with van der Waals surface area (Å²) in [6.45, 7) is 1.71. The van der Waals surface area contributed by atoms with Gasteiger partial charge in [-0.15, -0.1) is 0 Å². The van der Waals surface area contributed by atoms with Crippen molar-refractivity contribution < 1.29 is 9.90 Å². The molecule has 3 atom stereocenters. The summed E-state index contributed by atoms with van der Waals surface area (Å²) in [5.74, 6) is 0.369. The van der Waals surface area contributed by atoms with Crippen molar-refractivity contribution in [3.05, 3.63) is 0 Å². The van der Waals surface area contributed by atoms with Crippen molar-refractivity contribution in [2.45, 2.75) is 19.3 Å². The molecule has 2 rings (SSSR count). The van der Waals surface area contributed by atoms with Gasteiger partial charge in [0.1, 0.15) is 0 Å². The second-order valence-electron chi connectivity index (χ2n) is 3.96. The number of piperidine rings is 1. The minimum atomic E-state index is -0.612. The minimum absolute atomic E-state index is 0.119. The van der Waals surface area contributed by atoms with Gasteiger partial charge in [0.05, 0.1) is 5.92 Å². The number of fused-ring (bicyclic) bond motifs is 1. The summed E-state index contributed by atoms with van der Waals surface area (Å²) in [5, 5.41) is 12.2. The van der Waals surface area contributed by atoms with Gasteiger partial charge in [0.25, 0.3) is 0 Å². The summed E-state index contributed by atoms with van der Waals surface area (Å²) in [4.78, 5) is 10.9. The van der Waals surface area contributed by atoms with E-state index in [0.29, 0.717) is 18.4 Å². The van der Waals surface area contributed by atoms with Crippen LogP contribution in [0.15, 0.2) is 0 Å². The van der Waals surface area contributed by atoms with Crippen LogP contribution in [0.4, 0.5) is 0 Å². The van der Waals surface area contributed by atoms with Crippen LogP contribution in [0.1, 0.15) is 19.3 Å². The molecule has 0 unspecified atom stereocenters. The smallest absolute Gasteiger partial charge is 0.308 e. The molecule has 2 aliphatic rings. The summed E-state index contributed by atoms with van der Waals surface area (Å²) in [6.07, 6.45) is 3.57. The lowest BCUT2D eigenvalue weighted by atomic mass is 9.81. The Kier molecular flexibility index (Phi) is 2.05. The van der Waals surface area contributed by atoms with Crippen LogP contribution in [0.25, 0.3) is 0 Å². The Morgan fingerprint density at radius 1 is 1.33 bits per heavy atom. The number of carbonyl (C=O) groups is 1. The van der Waals surface area contributed by atoms with Crippen LogP contribution < -0.4 is 5.32 Å². The van der Waals surface area contributed by atoms with Gasteiger partial charge in [-0.05, 0) is 31.2 Å². The maximum absolute atomic E-state index is 10.9. The van der Waals surface area contributed by atoms with Gasteiger partial charge >= 0.3 is 5.97 Å². The van der Waals surface area contributed by atoms with Crippen molar-refractivity contribution in [3.8, 4) is 0 Å². The third-order valence-corrected chi connectivity index (χ3v) is 3.32. The first-order valence-electron chi connectivity index (χ1n) is 4.72. The standard InChI is InChI=1S/C9H15NO2/c11-9(12)8-5-10-4-6-2-1-3-7(6)8/h6-8,10H,1-5H2,(H,11,12)/t6-,7-,8+/m1/s1. The van der Waals surface area contributed by atoms with Crippen LogP contribution >= 0.6 is 0 Å². The minimum Gasteiger partial charge on any atom is -0.481 e. The topological polar surface area (TPSA) is 49.3 Å². The molecule has 0 spiro atoms. The van der Waals surface area contributed by atoms with Gasteiger partial charge in [-0.25, -0.2) is 0 Å². The average molecular weight is 169 g/mol. The van der Waals surface area contributed by atoms with Gasteiger partial charge in [-0.3, -0.25) is 4.79 Å². The van der Waals surface area contributed by atoms with Gasteiger partial charge in [-0.1, -0.05) is 6.42 Å². The van der Waals surface area contributed by atoms with Crippen LogP contribution in [0.2, 0.25) is 0 Å². The fourth-order valence-corrected chi connectivity index (χ4v) is 2.69. The molecule has 12 heavy (non-hydrogen) atoms. The van der Waals surface area contributed by atoms with E-state index >= 15 is 0 Å². The molecule has 0 aromatic heterocycles. The largest absolute Gasteiger partial charge is 0.481 e. The highest BCUT2D eigenvalue weighted by Gasteiger charge is 2.39. The Balaban J connectivity index is 2.08. The number of carboxylic acids is 1. The Hall–Kier alpha value is -0.570. The Labute approximate surface area is 72.2 Å². The molecule has 2 N–H and O–H groups in total. The molecule has 0 aromatic carbocycles. The lowest BCUT2D eigenvalue weighted by molar-refractivity contribution is -0.144. The van der Waals surface area contributed by atoms with Crippen LogP contribution in [0.3, 0.4) is 0 Å². The average Bonchev–Trinajstić information content (AvgIpc) is 2.49. The number of nitrogens with one attached hydrogen (secondary N) is 1. The first-order valence-corrected chi connectivity index (χ1v) is 4.72. The molecule has 3 nitrogen and oxygen atoms in total. The molecule has 0 amide bonds. The third kappa shape index (κ3) is 1.22. The molecule has 0 aromatic rings. The Morgan fingerprint density at radius 2 is 2.17 bits per heavy atom. The highest BCUT2D eigenvalue weighted by Crippen LogP contribution is 2.38. The van der Waals surface area contributed by atoms with Crippen LogP contribution in [0.5, 0.6) is 0 Å². The molecule has 0 bridgehead atoms. The van der Waals surface area contributed by atoms with Crippen molar-refractivity contribution in [1.82, 2.24) is 5.32 Å². The van der Waals surface area contributed by atoms with Gasteiger partial charge in [-0.2, -0.15) is 0 Å². The summed E-state index contributed by atoms with van der Waals surface area (Å²) in [6, 6.07) is 0. The van der Waals surface area contributed by atoms with E-state index in [1.807, 2.05) is 0 Å². The fraction of sp³-hybridized carbons (Fsp3) is 0.889. The molecule has 68 valence electrons. The molecule has 2 fully saturated rings. The lowest BCUT2D eigenvalue weighted by Gasteiger charge is -2.31. The fourth-order valence-electron chi connectivity index (χ4n) is 2.69. The van der Waals surface area contributed by atoms with E-state index < -0.39 is 5.97 Å². The van der Waals surface area contributed by atoms with Crippen LogP contribution in [-0.2, 0) is 4.79 Å². The summed E-state index contributed by atoms with van der Waals surface area (Å²) < 4.78 is 0. The van der Waals surface area contributed by atoms with Gasteiger partial charge < -0.3 is 10.4 Å². The lowest BCUT2D eigenvalue weighted by Crippen LogP contribution is -2.44. The first-order chi connectivity index (χ1) is 5.79.